The van der Waals surface area contributed by atoms with E-state index in [1.807, 2.05) is 25.1 Å². The molecule has 3 nitrogen and oxygen atoms in total. The van der Waals surface area contributed by atoms with Crippen molar-refractivity contribution in [1.82, 2.24) is 5.32 Å². The van der Waals surface area contributed by atoms with Gasteiger partial charge in [0.1, 0.15) is 0 Å². The van der Waals surface area contributed by atoms with Gasteiger partial charge in [-0.15, -0.1) is 0 Å². The zero-order valence-electron chi connectivity index (χ0n) is 12.8. The van der Waals surface area contributed by atoms with Gasteiger partial charge >= 0.3 is 6.18 Å². The summed E-state index contributed by atoms with van der Waals surface area (Å²) in [7, 11) is 3.33. The summed E-state index contributed by atoms with van der Waals surface area (Å²) in [6.07, 6.45) is -4.92. The maximum atomic E-state index is 12.2. The normalized spacial score (nSPS) is 11.7. The third kappa shape index (κ3) is 6.82. The second-order valence-electron chi connectivity index (χ2n) is 5.07. The number of nitrogens with zero attached hydrogens (tertiary/aromatic N) is 1. The van der Waals surface area contributed by atoms with Gasteiger partial charge in [0.2, 0.25) is 0 Å². The molecule has 120 valence electrons. The quantitative estimate of drug-likeness (QED) is 0.747. The second-order valence-corrected chi connectivity index (χ2v) is 5.07. The van der Waals surface area contributed by atoms with Crippen molar-refractivity contribution in [2.24, 2.45) is 0 Å². The summed E-state index contributed by atoms with van der Waals surface area (Å²) < 4.78 is 41.7. The number of benzene rings is 1. The lowest BCUT2D eigenvalue weighted by atomic mass is 10.1. The van der Waals surface area contributed by atoms with Crippen LogP contribution >= 0.6 is 0 Å². The van der Waals surface area contributed by atoms with Crippen molar-refractivity contribution >= 4 is 5.69 Å². The van der Waals surface area contributed by atoms with E-state index < -0.39 is 12.6 Å². The summed E-state index contributed by atoms with van der Waals surface area (Å²) in [6, 6.07) is 5.73. The zero-order valence-corrected chi connectivity index (χ0v) is 12.8. The van der Waals surface area contributed by atoms with E-state index in [2.05, 4.69) is 5.32 Å². The van der Waals surface area contributed by atoms with E-state index in [1.165, 1.54) is 0 Å². The highest BCUT2D eigenvalue weighted by Crippen LogP contribution is 2.23. The van der Waals surface area contributed by atoms with Crippen molar-refractivity contribution in [3.05, 3.63) is 29.3 Å². The fraction of sp³-hybridized carbons (Fsp3) is 0.600. The smallest absolute Gasteiger partial charge is 0.383 e. The summed E-state index contributed by atoms with van der Waals surface area (Å²) in [6.45, 7) is 4.07. The largest absolute Gasteiger partial charge is 0.390 e. The van der Waals surface area contributed by atoms with E-state index >= 15 is 0 Å². The minimum atomic E-state index is -4.12. The average molecular weight is 304 g/mol. The van der Waals surface area contributed by atoms with Gasteiger partial charge < -0.3 is 15.0 Å². The number of aryl methyl sites for hydroxylation is 1. The summed E-state index contributed by atoms with van der Waals surface area (Å²) >= 11 is 0. The lowest BCUT2D eigenvalue weighted by Crippen LogP contribution is -2.24. The van der Waals surface area contributed by atoms with Gasteiger partial charge in [-0.1, -0.05) is 6.07 Å². The molecule has 0 fully saturated rings. The molecule has 0 unspecified atom stereocenters. The minimum Gasteiger partial charge on any atom is -0.383 e. The summed E-state index contributed by atoms with van der Waals surface area (Å²) in [5, 5.41) is 3.25. The highest BCUT2D eigenvalue weighted by atomic mass is 19.4. The Kier molecular flexibility index (Phi) is 6.98. The molecule has 0 amide bonds. The molecule has 21 heavy (non-hydrogen) atoms. The first kappa shape index (κ1) is 17.8. The number of anilines is 1. The van der Waals surface area contributed by atoms with Gasteiger partial charge in [-0.2, -0.15) is 13.2 Å². The Hall–Kier alpha value is -1.27. The van der Waals surface area contributed by atoms with Crippen LogP contribution in [0.5, 0.6) is 0 Å². The molecule has 0 aliphatic heterocycles. The monoisotopic (exact) mass is 304 g/mol. The van der Waals surface area contributed by atoms with Gasteiger partial charge in [-0.25, -0.2) is 0 Å². The SMILES string of the molecule is COCCNCc1ccc(N(C)CCC(F)(F)F)cc1C. The highest BCUT2D eigenvalue weighted by Gasteiger charge is 2.27. The van der Waals surface area contributed by atoms with E-state index in [1.54, 1.807) is 19.1 Å². The number of hydrogen-bond donors (Lipinski definition) is 1. The first-order valence-corrected chi connectivity index (χ1v) is 6.90. The van der Waals surface area contributed by atoms with Gasteiger partial charge in [-0.3, -0.25) is 0 Å². The van der Waals surface area contributed by atoms with Gasteiger partial charge in [0.25, 0.3) is 0 Å². The van der Waals surface area contributed by atoms with Crippen LogP contribution in [0.2, 0.25) is 0 Å². The number of alkyl halides is 3. The predicted molar refractivity (Wildman–Crippen MR) is 78.7 cm³/mol. The molecule has 0 aliphatic rings. The van der Waals surface area contributed by atoms with E-state index in [-0.39, 0.29) is 6.54 Å². The molecule has 0 saturated heterocycles. The predicted octanol–water partition coefficient (Wildman–Crippen LogP) is 3.12. The lowest BCUT2D eigenvalue weighted by Gasteiger charge is -2.21. The molecule has 0 radical (unpaired) electrons. The van der Waals surface area contributed by atoms with Gasteiger partial charge in [-0.05, 0) is 30.2 Å². The van der Waals surface area contributed by atoms with Crippen molar-refractivity contribution < 1.29 is 17.9 Å². The van der Waals surface area contributed by atoms with Gasteiger partial charge in [0.05, 0.1) is 13.0 Å². The van der Waals surface area contributed by atoms with Gasteiger partial charge in [0.15, 0.2) is 0 Å². The molecular formula is C15H23F3N2O. The first-order valence-electron chi connectivity index (χ1n) is 6.90. The molecule has 1 aromatic carbocycles. The Labute approximate surface area is 124 Å². The minimum absolute atomic E-state index is 0.0334. The van der Waals surface area contributed by atoms with Crippen LogP contribution < -0.4 is 10.2 Å². The van der Waals surface area contributed by atoms with Crippen LogP contribution in [0.1, 0.15) is 17.5 Å². The Balaban J connectivity index is 2.56. The number of rotatable bonds is 8. The van der Waals surface area contributed by atoms with Crippen molar-refractivity contribution in [2.75, 3.05) is 38.8 Å². The van der Waals surface area contributed by atoms with Crippen molar-refractivity contribution in [2.45, 2.75) is 26.1 Å². The lowest BCUT2D eigenvalue weighted by molar-refractivity contribution is -0.132. The average Bonchev–Trinajstić information content (AvgIpc) is 2.41. The maximum absolute atomic E-state index is 12.2. The molecule has 0 atom stereocenters. The van der Waals surface area contributed by atoms with E-state index in [0.29, 0.717) is 6.61 Å². The van der Waals surface area contributed by atoms with Crippen LogP contribution in [0.15, 0.2) is 18.2 Å². The number of ether oxygens (including phenoxy) is 1. The zero-order chi connectivity index (χ0) is 15.9. The third-order valence-electron chi connectivity index (χ3n) is 3.30. The molecule has 1 N–H and O–H groups in total. The summed E-state index contributed by atoms with van der Waals surface area (Å²) in [4.78, 5) is 1.63. The molecule has 0 saturated carbocycles. The number of nitrogens with one attached hydrogen (secondary N) is 1. The van der Waals surface area contributed by atoms with Crippen LogP contribution in [0.25, 0.3) is 0 Å². The molecule has 0 heterocycles. The standard InChI is InChI=1S/C15H23F3N2O/c1-12-10-14(20(2)8-6-15(16,17)18)5-4-13(12)11-19-7-9-21-3/h4-5,10,19H,6-9,11H2,1-3H3. The van der Waals surface area contributed by atoms with E-state index in [4.69, 9.17) is 4.74 Å². The van der Waals surface area contributed by atoms with E-state index in [9.17, 15) is 13.2 Å². The number of methoxy groups -OCH3 is 1. The molecular weight excluding hydrogens is 281 g/mol. The highest BCUT2D eigenvalue weighted by molar-refractivity contribution is 5.50. The van der Waals surface area contributed by atoms with Crippen LogP contribution in [-0.2, 0) is 11.3 Å². The fourth-order valence-electron chi connectivity index (χ4n) is 1.94. The number of halogens is 3. The Morgan fingerprint density at radius 3 is 2.57 bits per heavy atom. The summed E-state index contributed by atoms with van der Waals surface area (Å²) in [5.74, 6) is 0. The molecule has 0 aromatic heterocycles. The Morgan fingerprint density at radius 1 is 1.29 bits per heavy atom. The van der Waals surface area contributed by atoms with Crippen molar-refractivity contribution in [3.63, 3.8) is 0 Å². The molecule has 1 aromatic rings. The third-order valence-corrected chi connectivity index (χ3v) is 3.30. The first-order chi connectivity index (χ1) is 9.83. The summed E-state index contributed by atoms with van der Waals surface area (Å²) in [5.41, 5.74) is 3.01. The molecule has 0 spiro atoms. The molecule has 6 heteroatoms. The fourth-order valence-corrected chi connectivity index (χ4v) is 1.94. The topological polar surface area (TPSA) is 24.5 Å². The van der Waals surface area contributed by atoms with Crippen LogP contribution in [0.4, 0.5) is 18.9 Å². The second kappa shape index (κ2) is 8.24. The Morgan fingerprint density at radius 2 is 2.00 bits per heavy atom. The van der Waals surface area contributed by atoms with Crippen molar-refractivity contribution in [3.8, 4) is 0 Å². The van der Waals surface area contributed by atoms with Crippen LogP contribution in [0, 0.1) is 6.92 Å². The van der Waals surface area contributed by atoms with Crippen LogP contribution in [0.3, 0.4) is 0 Å². The Bertz CT molecular complexity index is 435. The molecule has 0 aliphatic carbocycles. The molecule has 1 rings (SSSR count). The van der Waals surface area contributed by atoms with Crippen LogP contribution in [-0.4, -0.2) is 40.0 Å². The van der Waals surface area contributed by atoms with E-state index in [0.717, 1.165) is 29.9 Å². The van der Waals surface area contributed by atoms with Crippen molar-refractivity contribution in [1.29, 1.82) is 0 Å². The molecule has 0 bridgehead atoms. The number of hydrogen-bond acceptors (Lipinski definition) is 3. The van der Waals surface area contributed by atoms with Gasteiger partial charge in [0, 0.05) is 39.5 Å². The maximum Gasteiger partial charge on any atom is 0.390 e.